The first-order valence-electron chi connectivity index (χ1n) is 6.08. The Balaban J connectivity index is 2.35. The first kappa shape index (κ1) is 13.5. The third kappa shape index (κ3) is 3.29. The molecule has 0 radical (unpaired) electrons. The summed E-state index contributed by atoms with van der Waals surface area (Å²) in [6.07, 6.45) is 0. The Morgan fingerprint density at radius 2 is 1.89 bits per heavy atom. The van der Waals surface area contributed by atoms with Gasteiger partial charge in [0.1, 0.15) is 10.8 Å². The molecule has 2 aromatic rings. The fraction of sp³-hybridized carbons (Fsp3) is 0.200. The summed E-state index contributed by atoms with van der Waals surface area (Å²) in [5.74, 6) is 0.759. The van der Waals surface area contributed by atoms with Crippen LogP contribution in [0.1, 0.15) is 22.4 Å². The zero-order chi connectivity index (χ0) is 14.0. The van der Waals surface area contributed by atoms with Crippen molar-refractivity contribution < 1.29 is 0 Å². The van der Waals surface area contributed by atoms with E-state index in [-0.39, 0.29) is 0 Å². The quantitative estimate of drug-likeness (QED) is 0.840. The molecule has 98 valence electrons. The Morgan fingerprint density at radius 1 is 1.16 bits per heavy atom. The van der Waals surface area contributed by atoms with Gasteiger partial charge in [-0.2, -0.15) is 0 Å². The summed E-state index contributed by atoms with van der Waals surface area (Å²) in [4.78, 5) is 4.83. The van der Waals surface area contributed by atoms with E-state index >= 15 is 0 Å². The summed E-state index contributed by atoms with van der Waals surface area (Å²) < 4.78 is 0. The molecule has 4 heteroatoms. The van der Waals surface area contributed by atoms with E-state index in [9.17, 15) is 0 Å². The van der Waals surface area contributed by atoms with Crippen LogP contribution in [0.5, 0.6) is 0 Å². The van der Waals surface area contributed by atoms with E-state index in [0.717, 1.165) is 22.8 Å². The van der Waals surface area contributed by atoms with Crippen LogP contribution < -0.4 is 11.1 Å². The van der Waals surface area contributed by atoms with E-state index in [1.165, 1.54) is 11.1 Å². The van der Waals surface area contributed by atoms with E-state index in [2.05, 4.69) is 42.3 Å². The molecule has 0 atom stereocenters. The molecule has 0 aliphatic rings. The lowest BCUT2D eigenvalue weighted by Crippen LogP contribution is -2.11. The van der Waals surface area contributed by atoms with Crippen molar-refractivity contribution in [1.82, 2.24) is 4.98 Å². The van der Waals surface area contributed by atoms with Crippen molar-refractivity contribution in [3.63, 3.8) is 0 Å². The highest BCUT2D eigenvalue weighted by atomic mass is 32.1. The van der Waals surface area contributed by atoms with Crippen molar-refractivity contribution >= 4 is 28.7 Å². The topological polar surface area (TPSA) is 50.9 Å². The van der Waals surface area contributed by atoms with Gasteiger partial charge in [0.15, 0.2) is 0 Å². The molecule has 1 aromatic heterocycles. The predicted octanol–water partition coefficient (Wildman–Crippen LogP) is 3.38. The zero-order valence-electron chi connectivity index (χ0n) is 11.3. The fourth-order valence-corrected chi connectivity index (χ4v) is 2.08. The maximum Gasteiger partial charge on any atom is 0.131 e. The number of nitrogens with one attached hydrogen (secondary N) is 1. The number of aryl methyl sites for hydroxylation is 3. The lowest BCUT2D eigenvalue weighted by Gasteiger charge is -2.11. The van der Waals surface area contributed by atoms with Crippen molar-refractivity contribution in [3.8, 4) is 0 Å². The Hall–Kier alpha value is -1.94. The third-order valence-electron chi connectivity index (χ3n) is 2.88. The second-order valence-electron chi connectivity index (χ2n) is 4.69. The van der Waals surface area contributed by atoms with Crippen molar-refractivity contribution in [2.45, 2.75) is 20.8 Å². The number of hydrogen-bond acceptors (Lipinski definition) is 3. The average Bonchev–Trinajstić information content (AvgIpc) is 2.32. The number of rotatable bonds is 3. The third-order valence-corrected chi connectivity index (χ3v) is 3.12. The van der Waals surface area contributed by atoms with Gasteiger partial charge in [0.2, 0.25) is 0 Å². The molecule has 1 aromatic carbocycles. The molecular formula is C15H17N3S. The van der Waals surface area contributed by atoms with Gasteiger partial charge in [-0.3, -0.25) is 0 Å². The molecule has 1 heterocycles. The van der Waals surface area contributed by atoms with Gasteiger partial charge in [0.05, 0.1) is 0 Å². The molecular weight excluding hydrogens is 254 g/mol. The fourth-order valence-electron chi connectivity index (χ4n) is 1.97. The second-order valence-corrected chi connectivity index (χ2v) is 5.13. The highest BCUT2D eigenvalue weighted by molar-refractivity contribution is 7.80. The Labute approximate surface area is 118 Å². The van der Waals surface area contributed by atoms with E-state index in [1.54, 1.807) is 0 Å². The molecule has 0 aliphatic carbocycles. The minimum Gasteiger partial charge on any atom is -0.389 e. The molecule has 2 rings (SSSR count). The van der Waals surface area contributed by atoms with Gasteiger partial charge in [0.25, 0.3) is 0 Å². The van der Waals surface area contributed by atoms with E-state index in [0.29, 0.717) is 4.99 Å². The van der Waals surface area contributed by atoms with Crippen LogP contribution in [0.2, 0.25) is 0 Å². The van der Waals surface area contributed by atoms with Crippen LogP contribution in [0.15, 0.2) is 30.3 Å². The van der Waals surface area contributed by atoms with Crippen LogP contribution in [0.3, 0.4) is 0 Å². The highest BCUT2D eigenvalue weighted by Crippen LogP contribution is 2.21. The molecule has 0 bridgehead atoms. The van der Waals surface area contributed by atoms with Crippen LogP contribution in [-0.2, 0) is 0 Å². The van der Waals surface area contributed by atoms with Crippen LogP contribution >= 0.6 is 12.2 Å². The number of nitrogens with two attached hydrogens (primary N) is 1. The minimum atomic E-state index is 0.383. The normalized spacial score (nSPS) is 10.3. The Kier molecular flexibility index (Phi) is 3.81. The van der Waals surface area contributed by atoms with Crippen LogP contribution in [-0.4, -0.2) is 9.97 Å². The summed E-state index contributed by atoms with van der Waals surface area (Å²) in [6, 6.07) is 10.0. The summed E-state index contributed by atoms with van der Waals surface area (Å²) in [7, 11) is 0. The maximum atomic E-state index is 5.67. The minimum absolute atomic E-state index is 0.383. The molecule has 0 amide bonds. The monoisotopic (exact) mass is 271 g/mol. The molecule has 0 saturated carbocycles. The summed E-state index contributed by atoms with van der Waals surface area (Å²) in [5, 5.41) is 3.31. The molecule has 0 unspecified atom stereocenters. The van der Waals surface area contributed by atoms with E-state index in [4.69, 9.17) is 18.0 Å². The van der Waals surface area contributed by atoms with E-state index < -0.39 is 0 Å². The number of aromatic nitrogens is 1. The van der Waals surface area contributed by atoms with Gasteiger partial charge < -0.3 is 11.1 Å². The van der Waals surface area contributed by atoms with Crippen LogP contribution in [0.4, 0.5) is 11.5 Å². The summed E-state index contributed by atoms with van der Waals surface area (Å²) in [6.45, 7) is 6.07. The molecule has 0 saturated heterocycles. The van der Waals surface area contributed by atoms with E-state index in [1.807, 2.05) is 19.1 Å². The standard InChI is InChI=1S/C15H17N3S/c1-9-4-5-13(10(2)6-9)18-14-8-12(15(16)19)7-11(3)17-14/h4-8H,1-3H3,(H2,16,19)(H,17,18). The number of hydrogen-bond donors (Lipinski definition) is 2. The highest BCUT2D eigenvalue weighted by Gasteiger charge is 2.04. The Morgan fingerprint density at radius 3 is 2.53 bits per heavy atom. The maximum absolute atomic E-state index is 5.67. The molecule has 0 aliphatic heterocycles. The van der Waals surface area contributed by atoms with Gasteiger partial charge in [0, 0.05) is 16.9 Å². The molecule has 3 N–H and O–H groups in total. The first-order valence-corrected chi connectivity index (χ1v) is 6.49. The predicted molar refractivity (Wildman–Crippen MR) is 84.1 cm³/mol. The number of thiocarbonyl (C=S) groups is 1. The molecule has 0 fully saturated rings. The summed E-state index contributed by atoms with van der Waals surface area (Å²) in [5.41, 5.74) is 10.8. The first-order chi connectivity index (χ1) is 8.95. The number of anilines is 2. The SMILES string of the molecule is Cc1ccc(Nc2cc(C(N)=S)cc(C)n2)c(C)c1. The van der Waals surface area contributed by atoms with Gasteiger partial charge in [-0.1, -0.05) is 29.9 Å². The lowest BCUT2D eigenvalue weighted by molar-refractivity contribution is 1.19. The van der Waals surface area contributed by atoms with Crippen LogP contribution in [0, 0.1) is 20.8 Å². The van der Waals surface area contributed by atoms with Gasteiger partial charge in [-0.25, -0.2) is 4.98 Å². The second kappa shape index (κ2) is 5.36. The Bertz CT molecular complexity index is 635. The number of pyridine rings is 1. The van der Waals surface area contributed by atoms with Crippen molar-refractivity contribution in [1.29, 1.82) is 0 Å². The number of nitrogens with zero attached hydrogens (tertiary/aromatic N) is 1. The van der Waals surface area contributed by atoms with Crippen molar-refractivity contribution in [3.05, 3.63) is 52.7 Å². The van der Waals surface area contributed by atoms with Gasteiger partial charge >= 0.3 is 0 Å². The lowest BCUT2D eigenvalue weighted by atomic mass is 10.1. The van der Waals surface area contributed by atoms with Crippen molar-refractivity contribution in [2.75, 3.05) is 5.32 Å². The van der Waals surface area contributed by atoms with Gasteiger partial charge in [-0.05, 0) is 44.5 Å². The largest absolute Gasteiger partial charge is 0.389 e. The average molecular weight is 271 g/mol. The molecule has 19 heavy (non-hydrogen) atoms. The smallest absolute Gasteiger partial charge is 0.131 e. The van der Waals surface area contributed by atoms with Crippen molar-refractivity contribution in [2.24, 2.45) is 5.73 Å². The van der Waals surface area contributed by atoms with Crippen LogP contribution in [0.25, 0.3) is 0 Å². The molecule has 0 spiro atoms. The summed E-state index contributed by atoms with van der Waals surface area (Å²) >= 11 is 5.01. The molecule has 3 nitrogen and oxygen atoms in total. The zero-order valence-corrected chi connectivity index (χ0v) is 12.1. The number of benzene rings is 1. The van der Waals surface area contributed by atoms with Gasteiger partial charge in [-0.15, -0.1) is 0 Å².